The van der Waals surface area contributed by atoms with Crippen LogP contribution in [0.4, 0.5) is 5.13 Å². The van der Waals surface area contributed by atoms with E-state index in [1.807, 2.05) is 54.8 Å². The summed E-state index contributed by atoms with van der Waals surface area (Å²) in [6.45, 7) is 2.74. The molecule has 0 unspecified atom stereocenters. The standard InChI is InChI=1S/C24H21N3O3S/c1-2-29-22-14-19(8-9-21(22)30-15-17-10-12-25-13-11-17)23(28)27-24-26-20(16-31-24)18-6-4-3-5-7-18/h3-14,16H,2,15H2,1H3,(H,26,27,28). The minimum Gasteiger partial charge on any atom is -0.490 e. The number of pyridine rings is 1. The molecule has 4 aromatic rings. The van der Waals surface area contributed by atoms with E-state index >= 15 is 0 Å². The van der Waals surface area contributed by atoms with E-state index in [2.05, 4.69) is 15.3 Å². The Labute approximate surface area is 184 Å². The maximum atomic E-state index is 12.8. The Hall–Kier alpha value is -3.71. The normalized spacial score (nSPS) is 10.5. The summed E-state index contributed by atoms with van der Waals surface area (Å²) in [6.07, 6.45) is 3.44. The molecule has 0 radical (unpaired) electrons. The molecule has 1 N–H and O–H groups in total. The summed E-state index contributed by atoms with van der Waals surface area (Å²) < 4.78 is 11.6. The second-order valence-corrected chi connectivity index (χ2v) is 7.45. The Kier molecular flexibility index (Phi) is 6.54. The third-order valence-corrected chi connectivity index (χ3v) is 5.20. The van der Waals surface area contributed by atoms with E-state index in [4.69, 9.17) is 9.47 Å². The van der Waals surface area contributed by atoms with Gasteiger partial charge in [-0.3, -0.25) is 15.1 Å². The fourth-order valence-corrected chi connectivity index (χ4v) is 3.63. The van der Waals surface area contributed by atoms with Crippen molar-refractivity contribution in [1.29, 1.82) is 0 Å². The zero-order chi connectivity index (χ0) is 21.5. The maximum Gasteiger partial charge on any atom is 0.257 e. The molecule has 2 aromatic heterocycles. The van der Waals surface area contributed by atoms with Crippen molar-refractivity contribution in [2.45, 2.75) is 13.5 Å². The van der Waals surface area contributed by atoms with Crippen LogP contribution in [0.3, 0.4) is 0 Å². The summed E-state index contributed by atoms with van der Waals surface area (Å²) in [5, 5.41) is 5.32. The van der Waals surface area contributed by atoms with Crippen molar-refractivity contribution in [3.8, 4) is 22.8 Å². The molecule has 0 aliphatic heterocycles. The van der Waals surface area contributed by atoms with Gasteiger partial charge in [0.2, 0.25) is 0 Å². The fraction of sp³-hybridized carbons (Fsp3) is 0.125. The van der Waals surface area contributed by atoms with Crippen LogP contribution in [0.2, 0.25) is 0 Å². The maximum absolute atomic E-state index is 12.8. The number of aromatic nitrogens is 2. The molecule has 0 aliphatic carbocycles. The molecule has 6 nitrogen and oxygen atoms in total. The van der Waals surface area contributed by atoms with Gasteiger partial charge >= 0.3 is 0 Å². The monoisotopic (exact) mass is 431 g/mol. The fourth-order valence-electron chi connectivity index (χ4n) is 2.92. The SMILES string of the molecule is CCOc1cc(C(=O)Nc2nc(-c3ccccc3)cs2)ccc1OCc1ccncc1. The first-order chi connectivity index (χ1) is 15.2. The van der Waals surface area contributed by atoms with Gasteiger partial charge in [0.1, 0.15) is 6.61 Å². The van der Waals surface area contributed by atoms with E-state index in [0.717, 1.165) is 16.8 Å². The molecule has 0 spiro atoms. The van der Waals surface area contributed by atoms with Gasteiger partial charge in [-0.2, -0.15) is 0 Å². The Morgan fingerprint density at radius 1 is 1.00 bits per heavy atom. The lowest BCUT2D eigenvalue weighted by atomic mass is 10.2. The lowest BCUT2D eigenvalue weighted by Crippen LogP contribution is -2.12. The topological polar surface area (TPSA) is 73.3 Å². The van der Waals surface area contributed by atoms with Gasteiger partial charge in [-0.25, -0.2) is 4.98 Å². The van der Waals surface area contributed by atoms with Crippen LogP contribution in [0.15, 0.2) is 78.4 Å². The molecule has 156 valence electrons. The molecule has 2 heterocycles. The highest BCUT2D eigenvalue weighted by Crippen LogP contribution is 2.30. The summed E-state index contributed by atoms with van der Waals surface area (Å²) in [4.78, 5) is 21.3. The highest BCUT2D eigenvalue weighted by atomic mass is 32.1. The number of benzene rings is 2. The van der Waals surface area contributed by atoms with Crippen LogP contribution in [-0.4, -0.2) is 22.5 Å². The summed E-state index contributed by atoms with van der Waals surface area (Å²) in [5.41, 5.74) is 3.30. The van der Waals surface area contributed by atoms with Crippen molar-refractivity contribution in [3.05, 3.63) is 89.6 Å². The molecule has 0 atom stereocenters. The number of thiazole rings is 1. The summed E-state index contributed by atoms with van der Waals surface area (Å²) in [7, 11) is 0. The smallest absolute Gasteiger partial charge is 0.257 e. The minimum absolute atomic E-state index is 0.254. The molecule has 0 saturated carbocycles. The van der Waals surface area contributed by atoms with Gasteiger partial charge in [0.05, 0.1) is 12.3 Å². The predicted molar refractivity (Wildman–Crippen MR) is 122 cm³/mol. The first-order valence-corrected chi connectivity index (χ1v) is 10.7. The van der Waals surface area contributed by atoms with Crippen LogP contribution < -0.4 is 14.8 Å². The Morgan fingerprint density at radius 3 is 2.58 bits per heavy atom. The van der Waals surface area contributed by atoms with E-state index in [1.165, 1.54) is 11.3 Å². The Morgan fingerprint density at radius 2 is 1.81 bits per heavy atom. The van der Waals surface area contributed by atoms with E-state index in [-0.39, 0.29) is 5.91 Å². The summed E-state index contributed by atoms with van der Waals surface area (Å²) in [6, 6.07) is 18.8. The first-order valence-electron chi connectivity index (χ1n) is 9.84. The number of nitrogens with one attached hydrogen (secondary N) is 1. The molecule has 0 bridgehead atoms. The van der Waals surface area contributed by atoms with Gasteiger partial charge in [-0.05, 0) is 42.8 Å². The molecule has 0 aliphatic rings. The van der Waals surface area contributed by atoms with Gasteiger partial charge in [0.25, 0.3) is 5.91 Å². The molecule has 0 fully saturated rings. The number of rotatable bonds is 8. The third kappa shape index (κ3) is 5.26. The van der Waals surface area contributed by atoms with Crippen LogP contribution in [-0.2, 0) is 6.61 Å². The zero-order valence-corrected chi connectivity index (χ0v) is 17.8. The second-order valence-electron chi connectivity index (χ2n) is 6.60. The number of hydrogen-bond donors (Lipinski definition) is 1. The average Bonchev–Trinajstić information content (AvgIpc) is 3.28. The Bertz CT molecular complexity index is 1150. The molecule has 4 rings (SSSR count). The van der Waals surface area contributed by atoms with Crippen LogP contribution in [0.5, 0.6) is 11.5 Å². The van der Waals surface area contributed by atoms with Crippen molar-refractivity contribution < 1.29 is 14.3 Å². The minimum atomic E-state index is -0.254. The second kappa shape index (κ2) is 9.86. The number of anilines is 1. The molecular formula is C24H21N3O3S. The zero-order valence-electron chi connectivity index (χ0n) is 16.9. The van der Waals surface area contributed by atoms with E-state index in [9.17, 15) is 4.79 Å². The number of nitrogens with zero attached hydrogens (tertiary/aromatic N) is 2. The highest BCUT2D eigenvalue weighted by Gasteiger charge is 2.14. The molecule has 7 heteroatoms. The molecule has 1 amide bonds. The molecule has 31 heavy (non-hydrogen) atoms. The quantitative estimate of drug-likeness (QED) is 0.402. The third-order valence-electron chi connectivity index (χ3n) is 4.44. The first kappa shape index (κ1) is 20.6. The van der Waals surface area contributed by atoms with Crippen molar-refractivity contribution in [2.75, 3.05) is 11.9 Å². The van der Waals surface area contributed by atoms with Crippen LogP contribution >= 0.6 is 11.3 Å². The predicted octanol–water partition coefficient (Wildman–Crippen LogP) is 5.44. The van der Waals surface area contributed by atoms with E-state index < -0.39 is 0 Å². The van der Waals surface area contributed by atoms with Gasteiger partial charge in [0.15, 0.2) is 16.6 Å². The van der Waals surface area contributed by atoms with Crippen molar-refractivity contribution >= 4 is 22.4 Å². The molecule has 2 aromatic carbocycles. The average molecular weight is 432 g/mol. The van der Waals surface area contributed by atoms with Crippen molar-refractivity contribution in [3.63, 3.8) is 0 Å². The molecule has 0 saturated heterocycles. The van der Waals surface area contributed by atoms with Gasteiger partial charge < -0.3 is 9.47 Å². The van der Waals surface area contributed by atoms with Gasteiger partial charge in [-0.1, -0.05) is 30.3 Å². The van der Waals surface area contributed by atoms with Crippen molar-refractivity contribution in [2.24, 2.45) is 0 Å². The van der Waals surface area contributed by atoms with E-state index in [0.29, 0.717) is 35.4 Å². The van der Waals surface area contributed by atoms with Crippen LogP contribution in [0.1, 0.15) is 22.8 Å². The lowest BCUT2D eigenvalue weighted by Gasteiger charge is -2.13. The van der Waals surface area contributed by atoms with Gasteiger partial charge in [-0.15, -0.1) is 11.3 Å². The lowest BCUT2D eigenvalue weighted by molar-refractivity contribution is 0.102. The number of amides is 1. The van der Waals surface area contributed by atoms with E-state index in [1.54, 1.807) is 30.6 Å². The number of ether oxygens (including phenoxy) is 2. The van der Waals surface area contributed by atoms with Crippen LogP contribution in [0.25, 0.3) is 11.3 Å². The summed E-state index contributed by atoms with van der Waals surface area (Å²) in [5.74, 6) is 0.847. The molecular weight excluding hydrogens is 410 g/mol. The number of carbonyl (C=O) groups is 1. The number of carbonyl (C=O) groups excluding carboxylic acids is 1. The van der Waals surface area contributed by atoms with Crippen LogP contribution in [0, 0.1) is 0 Å². The highest BCUT2D eigenvalue weighted by molar-refractivity contribution is 7.14. The number of hydrogen-bond acceptors (Lipinski definition) is 6. The largest absolute Gasteiger partial charge is 0.490 e. The van der Waals surface area contributed by atoms with Crippen molar-refractivity contribution in [1.82, 2.24) is 9.97 Å². The Balaban J connectivity index is 1.46. The van der Waals surface area contributed by atoms with Gasteiger partial charge in [0, 0.05) is 28.9 Å². The summed E-state index contributed by atoms with van der Waals surface area (Å²) >= 11 is 1.39.